The minimum absolute atomic E-state index is 0.215. The van der Waals surface area contributed by atoms with Gasteiger partial charge in [-0.05, 0) is 15.9 Å². The molecular formula is C7H6BrFN2O. The molecule has 0 spiro atoms. The summed E-state index contributed by atoms with van der Waals surface area (Å²) in [5, 5.41) is 2.43. The average Bonchev–Trinajstić information content (AvgIpc) is 1.98. The first-order chi connectivity index (χ1) is 5.61. The van der Waals surface area contributed by atoms with Gasteiger partial charge in [0.05, 0.1) is 22.6 Å². The standard InChI is InChI=1S/C7H6BrFN2O/c1-4(12)11-6-3-10-2-5(9)7(6)8/h2-3H,1H3,(H,11,12). The van der Waals surface area contributed by atoms with Crippen molar-refractivity contribution in [3.63, 3.8) is 0 Å². The van der Waals surface area contributed by atoms with Gasteiger partial charge in [0.25, 0.3) is 0 Å². The van der Waals surface area contributed by atoms with Crippen molar-refractivity contribution in [3.05, 3.63) is 22.7 Å². The van der Waals surface area contributed by atoms with Crippen LogP contribution < -0.4 is 5.32 Å². The molecule has 0 bridgehead atoms. The van der Waals surface area contributed by atoms with Crippen molar-refractivity contribution in [2.45, 2.75) is 6.92 Å². The van der Waals surface area contributed by atoms with E-state index in [1.165, 1.54) is 13.1 Å². The maximum atomic E-state index is 12.8. The zero-order valence-corrected chi connectivity index (χ0v) is 7.85. The summed E-state index contributed by atoms with van der Waals surface area (Å²) < 4.78 is 13.0. The molecule has 3 nitrogen and oxygen atoms in total. The van der Waals surface area contributed by atoms with Crippen LogP contribution >= 0.6 is 15.9 Å². The van der Waals surface area contributed by atoms with Gasteiger partial charge in [-0.15, -0.1) is 0 Å². The lowest BCUT2D eigenvalue weighted by Gasteiger charge is -2.03. The molecule has 1 aromatic rings. The second-order valence-corrected chi connectivity index (χ2v) is 2.96. The molecule has 0 saturated heterocycles. The van der Waals surface area contributed by atoms with Gasteiger partial charge in [0.1, 0.15) is 0 Å². The molecule has 0 aliphatic carbocycles. The molecule has 0 radical (unpaired) electrons. The van der Waals surface area contributed by atoms with E-state index < -0.39 is 5.82 Å². The summed E-state index contributed by atoms with van der Waals surface area (Å²) in [6, 6.07) is 0. The molecule has 1 N–H and O–H groups in total. The molecule has 0 unspecified atom stereocenters. The zero-order chi connectivity index (χ0) is 9.14. The van der Waals surface area contributed by atoms with E-state index in [1.54, 1.807) is 0 Å². The molecule has 5 heteroatoms. The maximum absolute atomic E-state index is 12.8. The fraction of sp³-hybridized carbons (Fsp3) is 0.143. The third-order valence-electron chi connectivity index (χ3n) is 1.15. The van der Waals surface area contributed by atoms with Gasteiger partial charge in [-0.2, -0.15) is 0 Å². The van der Waals surface area contributed by atoms with Crippen molar-refractivity contribution >= 4 is 27.5 Å². The molecule has 1 aromatic heterocycles. The van der Waals surface area contributed by atoms with Gasteiger partial charge in [-0.3, -0.25) is 9.78 Å². The van der Waals surface area contributed by atoms with Crippen LogP contribution in [0, 0.1) is 5.82 Å². The number of hydrogen-bond donors (Lipinski definition) is 1. The summed E-state index contributed by atoms with van der Waals surface area (Å²) in [5.41, 5.74) is 0.336. The molecule has 0 aromatic carbocycles. The van der Waals surface area contributed by atoms with Crippen molar-refractivity contribution in [2.75, 3.05) is 5.32 Å². The molecule has 0 atom stereocenters. The van der Waals surface area contributed by atoms with Crippen LogP contribution in [0.4, 0.5) is 10.1 Å². The summed E-state index contributed by atoms with van der Waals surface area (Å²) in [6.07, 6.45) is 2.43. The summed E-state index contributed by atoms with van der Waals surface area (Å²) in [6.45, 7) is 1.34. The van der Waals surface area contributed by atoms with Gasteiger partial charge < -0.3 is 5.32 Å². The number of carbonyl (C=O) groups is 1. The van der Waals surface area contributed by atoms with Crippen LogP contribution in [0.1, 0.15) is 6.92 Å². The number of nitrogens with one attached hydrogen (secondary N) is 1. The van der Waals surface area contributed by atoms with Gasteiger partial charge >= 0.3 is 0 Å². The SMILES string of the molecule is CC(=O)Nc1cncc(F)c1Br. The van der Waals surface area contributed by atoms with Crippen molar-refractivity contribution in [2.24, 2.45) is 0 Å². The summed E-state index contributed by atoms with van der Waals surface area (Å²) in [5.74, 6) is -0.760. The van der Waals surface area contributed by atoms with Crippen molar-refractivity contribution < 1.29 is 9.18 Å². The first-order valence-electron chi connectivity index (χ1n) is 3.18. The Morgan fingerprint density at radius 2 is 2.33 bits per heavy atom. The number of hydrogen-bond acceptors (Lipinski definition) is 2. The van der Waals surface area contributed by atoms with E-state index in [0.29, 0.717) is 5.69 Å². The van der Waals surface area contributed by atoms with Crippen LogP contribution in [0.2, 0.25) is 0 Å². The highest BCUT2D eigenvalue weighted by Crippen LogP contribution is 2.23. The molecule has 0 fully saturated rings. The van der Waals surface area contributed by atoms with Gasteiger partial charge in [-0.25, -0.2) is 4.39 Å². The number of rotatable bonds is 1. The quantitative estimate of drug-likeness (QED) is 0.805. The van der Waals surface area contributed by atoms with Crippen LogP contribution in [-0.2, 0) is 4.79 Å². The third-order valence-corrected chi connectivity index (χ3v) is 1.95. The number of nitrogens with zero attached hydrogens (tertiary/aromatic N) is 1. The molecule has 1 heterocycles. The van der Waals surface area contributed by atoms with Crippen LogP contribution in [0.15, 0.2) is 16.9 Å². The van der Waals surface area contributed by atoms with Gasteiger partial charge in [-0.1, -0.05) is 0 Å². The Morgan fingerprint density at radius 1 is 1.67 bits per heavy atom. The molecule has 1 amide bonds. The number of amides is 1. The lowest BCUT2D eigenvalue weighted by Crippen LogP contribution is -2.07. The Balaban J connectivity index is 3.00. The number of carbonyl (C=O) groups excluding carboxylic acids is 1. The molecule has 0 saturated carbocycles. The number of aromatic nitrogens is 1. The van der Waals surface area contributed by atoms with Crippen LogP contribution in [0.3, 0.4) is 0 Å². The van der Waals surface area contributed by atoms with Gasteiger partial charge in [0, 0.05) is 6.92 Å². The Bertz CT molecular complexity index is 316. The molecule has 1 rings (SSSR count). The van der Waals surface area contributed by atoms with Crippen LogP contribution in [0.25, 0.3) is 0 Å². The number of pyridine rings is 1. The van der Waals surface area contributed by atoms with Gasteiger partial charge in [0.15, 0.2) is 5.82 Å². The number of anilines is 1. The minimum Gasteiger partial charge on any atom is -0.324 e. The predicted molar refractivity (Wildman–Crippen MR) is 46.2 cm³/mol. The van der Waals surface area contributed by atoms with Crippen molar-refractivity contribution in [1.82, 2.24) is 4.98 Å². The van der Waals surface area contributed by atoms with E-state index in [1.807, 2.05) is 0 Å². The van der Waals surface area contributed by atoms with Gasteiger partial charge in [0.2, 0.25) is 5.91 Å². The van der Waals surface area contributed by atoms with E-state index in [0.717, 1.165) is 6.20 Å². The highest BCUT2D eigenvalue weighted by Gasteiger charge is 2.06. The predicted octanol–water partition coefficient (Wildman–Crippen LogP) is 1.94. The van der Waals surface area contributed by atoms with E-state index in [-0.39, 0.29) is 10.4 Å². The Morgan fingerprint density at radius 3 is 2.92 bits per heavy atom. The number of halogens is 2. The monoisotopic (exact) mass is 232 g/mol. The van der Waals surface area contributed by atoms with Crippen molar-refractivity contribution in [1.29, 1.82) is 0 Å². The highest BCUT2D eigenvalue weighted by atomic mass is 79.9. The largest absolute Gasteiger partial charge is 0.324 e. The maximum Gasteiger partial charge on any atom is 0.221 e. The summed E-state index contributed by atoms with van der Waals surface area (Å²) >= 11 is 2.98. The summed E-state index contributed by atoms with van der Waals surface area (Å²) in [7, 11) is 0. The molecule has 0 aliphatic rings. The van der Waals surface area contributed by atoms with E-state index >= 15 is 0 Å². The Kier molecular flexibility index (Phi) is 2.75. The second kappa shape index (κ2) is 3.62. The zero-order valence-electron chi connectivity index (χ0n) is 6.27. The van der Waals surface area contributed by atoms with E-state index in [2.05, 4.69) is 26.2 Å². The van der Waals surface area contributed by atoms with Crippen molar-refractivity contribution in [3.8, 4) is 0 Å². The average molecular weight is 233 g/mol. The Labute approximate surface area is 77.1 Å². The normalized spacial score (nSPS) is 9.58. The van der Waals surface area contributed by atoms with E-state index in [9.17, 15) is 9.18 Å². The molecule has 12 heavy (non-hydrogen) atoms. The Hall–Kier alpha value is -0.970. The smallest absolute Gasteiger partial charge is 0.221 e. The first kappa shape index (κ1) is 9.12. The molecule has 0 aliphatic heterocycles. The fourth-order valence-corrected chi connectivity index (χ4v) is 1.000. The summed E-state index contributed by atoms with van der Waals surface area (Å²) in [4.78, 5) is 14.2. The van der Waals surface area contributed by atoms with Crippen LogP contribution in [0.5, 0.6) is 0 Å². The molecule has 64 valence electrons. The second-order valence-electron chi connectivity index (χ2n) is 2.16. The third kappa shape index (κ3) is 2.01. The van der Waals surface area contributed by atoms with Crippen LogP contribution in [-0.4, -0.2) is 10.9 Å². The first-order valence-corrected chi connectivity index (χ1v) is 3.97. The topological polar surface area (TPSA) is 42.0 Å². The minimum atomic E-state index is -0.499. The lowest BCUT2D eigenvalue weighted by molar-refractivity contribution is -0.114. The van der Waals surface area contributed by atoms with E-state index in [4.69, 9.17) is 0 Å². The molecular weight excluding hydrogens is 227 g/mol. The highest BCUT2D eigenvalue weighted by molar-refractivity contribution is 9.10. The fourth-order valence-electron chi connectivity index (χ4n) is 0.696. The lowest BCUT2D eigenvalue weighted by atomic mass is 10.4.